The van der Waals surface area contributed by atoms with Crippen LogP contribution < -0.4 is 4.74 Å². The number of methoxy groups -OCH3 is 1. The molecule has 1 aromatic heterocycles. The third-order valence-corrected chi connectivity index (χ3v) is 4.32. The van der Waals surface area contributed by atoms with E-state index in [0.717, 1.165) is 39.0 Å². The summed E-state index contributed by atoms with van der Waals surface area (Å²) in [5.74, 6) is -0.0597. The van der Waals surface area contributed by atoms with Crippen LogP contribution in [-0.2, 0) is 11.2 Å². The summed E-state index contributed by atoms with van der Waals surface area (Å²) in [6.45, 7) is 4.11. The molecule has 2 N–H and O–H groups in total. The highest BCUT2D eigenvalue weighted by molar-refractivity contribution is 5.96. The van der Waals surface area contributed by atoms with Crippen molar-refractivity contribution in [3.63, 3.8) is 0 Å². The van der Waals surface area contributed by atoms with Gasteiger partial charge < -0.3 is 14.8 Å². The molecule has 0 radical (unpaired) electrons. The van der Waals surface area contributed by atoms with Crippen molar-refractivity contribution in [3.05, 3.63) is 53.1 Å². The number of aromatic nitrogens is 1. The first-order chi connectivity index (χ1) is 11.0. The Hall–Kier alpha value is -2.75. The number of carbonyl (C=O) groups is 1. The molecule has 0 fully saturated rings. The third-order valence-electron chi connectivity index (χ3n) is 4.32. The molecular formula is C19H19NO3. The van der Waals surface area contributed by atoms with Gasteiger partial charge in [-0.05, 0) is 60.4 Å². The molecule has 4 heteroatoms. The highest BCUT2D eigenvalue weighted by atomic mass is 16.5. The number of hydrogen-bond acceptors (Lipinski definition) is 2. The highest BCUT2D eigenvalue weighted by Crippen LogP contribution is 2.34. The third kappa shape index (κ3) is 2.68. The van der Waals surface area contributed by atoms with E-state index in [4.69, 9.17) is 4.74 Å². The second kappa shape index (κ2) is 5.80. The number of carboxylic acids is 1. The van der Waals surface area contributed by atoms with Crippen molar-refractivity contribution in [1.29, 1.82) is 0 Å². The van der Waals surface area contributed by atoms with Crippen LogP contribution in [0, 0.1) is 13.8 Å². The van der Waals surface area contributed by atoms with Gasteiger partial charge in [0.25, 0.3) is 0 Å². The van der Waals surface area contributed by atoms with Gasteiger partial charge >= 0.3 is 5.97 Å². The maximum absolute atomic E-state index is 11.3. The first kappa shape index (κ1) is 15.2. The maximum Gasteiger partial charge on any atom is 0.307 e. The van der Waals surface area contributed by atoms with Crippen LogP contribution >= 0.6 is 0 Å². The van der Waals surface area contributed by atoms with Crippen molar-refractivity contribution >= 4 is 16.9 Å². The lowest BCUT2D eigenvalue weighted by Gasteiger charge is -2.05. The summed E-state index contributed by atoms with van der Waals surface area (Å²) in [4.78, 5) is 14.7. The zero-order valence-electron chi connectivity index (χ0n) is 13.4. The molecule has 4 nitrogen and oxygen atoms in total. The lowest BCUT2D eigenvalue weighted by molar-refractivity contribution is -0.136. The van der Waals surface area contributed by atoms with E-state index >= 15 is 0 Å². The zero-order chi connectivity index (χ0) is 16.6. The van der Waals surface area contributed by atoms with E-state index in [2.05, 4.69) is 18.8 Å². The normalized spacial score (nSPS) is 10.9. The minimum atomic E-state index is -0.834. The Morgan fingerprint density at radius 1 is 1.13 bits per heavy atom. The van der Waals surface area contributed by atoms with Gasteiger partial charge in [0.1, 0.15) is 5.75 Å². The Kier molecular flexibility index (Phi) is 3.82. The van der Waals surface area contributed by atoms with Crippen LogP contribution in [0.3, 0.4) is 0 Å². The molecule has 2 aromatic carbocycles. The Labute approximate surface area is 134 Å². The number of nitrogens with one attached hydrogen (secondary N) is 1. The van der Waals surface area contributed by atoms with Crippen LogP contribution in [-0.4, -0.2) is 23.2 Å². The fourth-order valence-corrected chi connectivity index (χ4v) is 2.90. The molecule has 0 saturated heterocycles. The summed E-state index contributed by atoms with van der Waals surface area (Å²) >= 11 is 0. The number of fused-ring (bicyclic) bond motifs is 1. The second-order valence-corrected chi connectivity index (χ2v) is 5.71. The minimum absolute atomic E-state index is 0.0101. The van der Waals surface area contributed by atoms with Crippen molar-refractivity contribution in [2.45, 2.75) is 20.3 Å². The van der Waals surface area contributed by atoms with Crippen LogP contribution in [0.15, 0.2) is 36.4 Å². The summed E-state index contributed by atoms with van der Waals surface area (Å²) < 4.78 is 5.19. The van der Waals surface area contributed by atoms with Crippen molar-refractivity contribution in [2.75, 3.05) is 7.11 Å². The first-order valence-electron chi connectivity index (χ1n) is 7.48. The van der Waals surface area contributed by atoms with Gasteiger partial charge in [-0.25, -0.2) is 0 Å². The van der Waals surface area contributed by atoms with Crippen LogP contribution in [0.2, 0.25) is 0 Å². The zero-order valence-corrected chi connectivity index (χ0v) is 13.4. The van der Waals surface area contributed by atoms with E-state index < -0.39 is 5.97 Å². The maximum atomic E-state index is 11.3. The van der Waals surface area contributed by atoms with E-state index in [-0.39, 0.29) is 6.42 Å². The topological polar surface area (TPSA) is 62.3 Å². The molecule has 3 aromatic rings. The van der Waals surface area contributed by atoms with E-state index in [1.54, 1.807) is 7.11 Å². The van der Waals surface area contributed by atoms with Gasteiger partial charge in [-0.1, -0.05) is 12.1 Å². The predicted octanol–water partition coefficient (Wildman–Crippen LogP) is 4.09. The van der Waals surface area contributed by atoms with Crippen LogP contribution in [0.25, 0.3) is 22.2 Å². The smallest absolute Gasteiger partial charge is 0.307 e. The van der Waals surface area contributed by atoms with Crippen LogP contribution in [0.4, 0.5) is 0 Å². The minimum Gasteiger partial charge on any atom is -0.497 e. The molecule has 118 valence electrons. The SMILES string of the molecule is COc1ccc(-c2[nH]c3c(C)c(C)ccc3c2CC(=O)O)cc1. The second-order valence-electron chi connectivity index (χ2n) is 5.71. The molecule has 3 rings (SSSR count). The standard InChI is InChI=1S/C19H19NO3/c1-11-4-9-15-16(10-17(21)22)19(20-18(15)12(11)2)13-5-7-14(23-3)8-6-13/h4-9,20H,10H2,1-3H3,(H,21,22). The Bertz CT molecular complexity index is 876. The lowest BCUT2D eigenvalue weighted by atomic mass is 10.00. The quantitative estimate of drug-likeness (QED) is 0.763. The number of H-pyrrole nitrogens is 1. The number of aliphatic carboxylic acids is 1. The number of rotatable bonds is 4. The Morgan fingerprint density at radius 3 is 2.43 bits per heavy atom. The summed E-state index contributed by atoms with van der Waals surface area (Å²) in [6, 6.07) is 11.7. The molecule has 1 heterocycles. The van der Waals surface area contributed by atoms with Gasteiger partial charge in [-0.2, -0.15) is 0 Å². The predicted molar refractivity (Wildman–Crippen MR) is 91.1 cm³/mol. The summed E-state index contributed by atoms with van der Waals surface area (Å²) in [7, 11) is 1.62. The number of carboxylic acid groups (broad SMARTS) is 1. The first-order valence-corrected chi connectivity index (χ1v) is 7.48. The van der Waals surface area contributed by atoms with Crippen LogP contribution in [0.1, 0.15) is 16.7 Å². The largest absolute Gasteiger partial charge is 0.497 e. The van der Waals surface area contributed by atoms with Gasteiger partial charge in [0.2, 0.25) is 0 Å². The molecular weight excluding hydrogens is 290 g/mol. The molecule has 0 bridgehead atoms. The van der Waals surface area contributed by atoms with Gasteiger partial charge in [0.15, 0.2) is 0 Å². The summed E-state index contributed by atoms with van der Waals surface area (Å²) in [6.07, 6.45) is -0.0101. The van der Waals surface area contributed by atoms with E-state index in [1.807, 2.05) is 36.4 Å². The van der Waals surface area contributed by atoms with Crippen molar-refractivity contribution in [1.82, 2.24) is 4.98 Å². The highest BCUT2D eigenvalue weighted by Gasteiger charge is 2.17. The van der Waals surface area contributed by atoms with Crippen molar-refractivity contribution in [2.24, 2.45) is 0 Å². The molecule has 0 atom stereocenters. The van der Waals surface area contributed by atoms with Crippen LogP contribution in [0.5, 0.6) is 5.75 Å². The van der Waals surface area contributed by atoms with Gasteiger partial charge in [-0.3, -0.25) is 4.79 Å². The number of aromatic amines is 1. The van der Waals surface area contributed by atoms with Crippen molar-refractivity contribution in [3.8, 4) is 17.0 Å². The summed E-state index contributed by atoms with van der Waals surface area (Å²) in [5, 5.41) is 10.3. The van der Waals surface area contributed by atoms with Gasteiger partial charge in [-0.15, -0.1) is 0 Å². The molecule has 0 amide bonds. The average molecular weight is 309 g/mol. The molecule has 23 heavy (non-hydrogen) atoms. The van der Waals surface area contributed by atoms with Gasteiger partial charge in [0, 0.05) is 10.9 Å². The van der Waals surface area contributed by atoms with Crippen molar-refractivity contribution < 1.29 is 14.6 Å². The number of aryl methyl sites for hydroxylation is 2. The number of benzene rings is 2. The number of hydrogen-bond donors (Lipinski definition) is 2. The van der Waals surface area contributed by atoms with E-state index in [1.165, 1.54) is 5.56 Å². The van der Waals surface area contributed by atoms with E-state index in [0.29, 0.717) is 0 Å². The average Bonchev–Trinajstić information content (AvgIpc) is 2.90. The monoisotopic (exact) mass is 309 g/mol. The molecule has 0 unspecified atom stereocenters. The Balaban J connectivity index is 2.25. The lowest BCUT2D eigenvalue weighted by Crippen LogP contribution is -2.01. The number of ether oxygens (including phenoxy) is 1. The summed E-state index contributed by atoms with van der Waals surface area (Å²) in [5.41, 5.74) is 5.97. The molecule has 0 spiro atoms. The fraction of sp³-hybridized carbons (Fsp3) is 0.211. The molecule has 0 aliphatic carbocycles. The van der Waals surface area contributed by atoms with E-state index in [9.17, 15) is 9.90 Å². The molecule has 0 saturated carbocycles. The Morgan fingerprint density at radius 2 is 1.83 bits per heavy atom. The fourth-order valence-electron chi connectivity index (χ4n) is 2.90. The molecule has 0 aliphatic rings. The molecule has 0 aliphatic heterocycles. The van der Waals surface area contributed by atoms with Gasteiger partial charge in [0.05, 0.1) is 19.2 Å².